The molecule has 1 rings (SSSR count). The number of halogens is 3. The van der Waals surface area contributed by atoms with E-state index in [1.165, 1.54) is 6.92 Å². The summed E-state index contributed by atoms with van der Waals surface area (Å²) < 4.78 is 48.2. The molecule has 0 spiro atoms. The van der Waals surface area contributed by atoms with Crippen LogP contribution in [-0.4, -0.2) is 17.7 Å². The molecular weight excluding hydrogens is 347 g/mol. The number of ether oxygens (including phenoxy) is 1. The number of hydrogen-bond donors (Lipinski definition) is 1. The van der Waals surface area contributed by atoms with E-state index in [0.717, 1.165) is 18.2 Å². The van der Waals surface area contributed by atoms with E-state index in [-0.39, 0.29) is 17.0 Å². The fraction of sp³-hybridized carbons (Fsp3) is 0.467. The Morgan fingerprint density at radius 2 is 1.83 bits per heavy atom. The molecule has 134 valence electrons. The lowest BCUT2D eigenvalue weighted by Crippen LogP contribution is -2.27. The van der Waals surface area contributed by atoms with Crippen LogP contribution in [0.4, 0.5) is 23.7 Å². The zero-order chi connectivity index (χ0) is 18.5. The van der Waals surface area contributed by atoms with Crippen LogP contribution in [0.5, 0.6) is 0 Å². The number of carbonyl (C=O) groups is 2. The Hall–Kier alpha value is -1.90. The number of amides is 1. The van der Waals surface area contributed by atoms with E-state index in [1.807, 2.05) is 0 Å². The minimum absolute atomic E-state index is 0.0609. The third kappa shape index (κ3) is 7.12. The van der Waals surface area contributed by atoms with Gasteiger partial charge >= 0.3 is 18.2 Å². The Morgan fingerprint density at radius 3 is 2.33 bits per heavy atom. The first kappa shape index (κ1) is 20.1. The number of anilines is 1. The molecule has 0 saturated carbocycles. The van der Waals surface area contributed by atoms with Crippen LogP contribution in [-0.2, 0) is 25.6 Å². The second kappa shape index (κ2) is 7.78. The van der Waals surface area contributed by atoms with Gasteiger partial charge in [0.1, 0.15) is 5.60 Å². The van der Waals surface area contributed by atoms with Gasteiger partial charge in [0.25, 0.3) is 0 Å². The molecule has 1 aromatic carbocycles. The zero-order valence-corrected chi connectivity index (χ0v) is 14.4. The van der Waals surface area contributed by atoms with E-state index < -0.39 is 29.4 Å². The average molecular weight is 365 g/mol. The number of hydrogen-bond acceptors (Lipinski definition) is 5. The largest absolute Gasteiger partial charge is 0.444 e. The number of nitrogens with one attached hydrogen (secondary N) is 1. The average Bonchev–Trinajstić information content (AvgIpc) is 2.36. The van der Waals surface area contributed by atoms with Gasteiger partial charge in [-0.1, -0.05) is 0 Å². The fourth-order valence-corrected chi connectivity index (χ4v) is 2.19. The van der Waals surface area contributed by atoms with Gasteiger partial charge in [-0.05, 0) is 44.5 Å². The van der Waals surface area contributed by atoms with E-state index in [9.17, 15) is 22.8 Å². The van der Waals surface area contributed by atoms with E-state index >= 15 is 0 Å². The molecule has 0 aliphatic rings. The highest BCUT2D eigenvalue weighted by Gasteiger charge is 2.31. The van der Waals surface area contributed by atoms with Gasteiger partial charge in [0.2, 0.25) is 0 Å². The van der Waals surface area contributed by atoms with E-state index in [0.29, 0.717) is 12.0 Å². The molecular formula is C15H18F3NO4S. The first-order valence-electron chi connectivity index (χ1n) is 6.88. The van der Waals surface area contributed by atoms with Crippen molar-refractivity contribution < 1.29 is 31.7 Å². The van der Waals surface area contributed by atoms with Gasteiger partial charge in [0.05, 0.1) is 23.4 Å². The van der Waals surface area contributed by atoms with Crippen molar-refractivity contribution in [3.8, 4) is 0 Å². The molecule has 1 N–H and O–H groups in total. The monoisotopic (exact) mass is 365 g/mol. The summed E-state index contributed by atoms with van der Waals surface area (Å²) >= 11 is 0.679. The van der Waals surface area contributed by atoms with Crippen LogP contribution in [0.25, 0.3) is 0 Å². The number of alkyl halides is 3. The highest BCUT2D eigenvalue weighted by atomic mass is 32.2. The molecule has 0 unspecified atom stereocenters. The smallest absolute Gasteiger partial charge is 0.416 e. The van der Waals surface area contributed by atoms with E-state index in [4.69, 9.17) is 4.74 Å². The highest BCUT2D eigenvalue weighted by molar-refractivity contribution is 7.94. The Bertz CT molecular complexity index is 612. The Labute approximate surface area is 142 Å². The molecule has 1 amide bonds. The molecule has 0 heterocycles. The summed E-state index contributed by atoms with van der Waals surface area (Å²) in [6.45, 7) is 6.17. The molecule has 0 aliphatic heterocycles. The second-order valence-corrected chi connectivity index (χ2v) is 6.52. The van der Waals surface area contributed by atoms with Crippen molar-refractivity contribution >= 4 is 29.8 Å². The molecule has 0 atom stereocenters. The maximum atomic E-state index is 12.8. The Kier molecular flexibility index (Phi) is 6.53. The second-order valence-electron chi connectivity index (χ2n) is 5.83. The third-order valence-electron chi connectivity index (χ3n) is 2.46. The Morgan fingerprint density at radius 1 is 1.21 bits per heavy atom. The predicted molar refractivity (Wildman–Crippen MR) is 84.4 cm³/mol. The molecule has 0 bridgehead atoms. The quantitative estimate of drug-likeness (QED) is 0.779. The molecule has 24 heavy (non-hydrogen) atoms. The molecule has 0 fully saturated rings. The lowest BCUT2D eigenvalue weighted by atomic mass is 10.1. The predicted octanol–water partition coefficient (Wildman–Crippen LogP) is 4.76. The molecule has 0 radical (unpaired) electrons. The number of rotatable bonds is 4. The molecule has 5 nitrogen and oxygen atoms in total. The first-order valence-corrected chi connectivity index (χ1v) is 7.80. The van der Waals surface area contributed by atoms with Gasteiger partial charge in [-0.15, -0.1) is 0 Å². The fourth-order valence-electron chi connectivity index (χ4n) is 1.60. The van der Waals surface area contributed by atoms with Crippen molar-refractivity contribution in [1.29, 1.82) is 0 Å². The summed E-state index contributed by atoms with van der Waals surface area (Å²) in [5.41, 5.74) is -1.31. The van der Waals surface area contributed by atoms with Crippen LogP contribution in [0.15, 0.2) is 18.2 Å². The summed E-state index contributed by atoms with van der Waals surface area (Å²) in [5, 5.41) is 2.40. The standard InChI is InChI=1S/C15H18F3NO4S/c1-9(20)23-24-8-10-7-11(15(16,17)18)5-6-12(10)19-13(21)22-14(2,3)4/h5-7H,8H2,1-4H3,(H,19,21). The van der Waals surface area contributed by atoms with Crippen molar-refractivity contribution in [2.45, 2.75) is 45.2 Å². The molecule has 0 saturated heterocycles. The minimum Gasteiger partial charge on any atom is -0.444 e. The van der Waals surface area contributed by atoms with Gasteiger partial charge < -0.3 is 8.92 Å². The summed E-state index contributed by atoms with van der Waals surface area (Å²) in [6, 6.07) is 2.88. The van der Waals surface area contributed by atoms with Crippen LogP contribution in [0.2, 0.25) is 0 Å². The van der Waals surface area contributed by atoms with Crippen molar-refractivity contribution in [3.63, 3.8) is 0 Å². The van der Waals surface area contributed by atoms with Crippen LogP contribution >= 0.6 is 12.0 Å². The van der Waals surface area contributed by atoms with Gasteiger partial charge in [0.15, 0.2) is 0 Å². The summed E-state index contributed by atoms with van der Waals surface area (Å²) in [7, 11) is 0. The SMILES string of the molecule is CC(=O)OSCc1cc(C(F)(F)F)ccc1NC(=O)OC(C)(C)C. The van der Waals surface area contributed by atoms with Gasteiger partial charge in [-0.2, -0.15) is 13.2 Å². The van der Waals surface area contributed by atoms with Crippen molar-refractivity contribution in [3.05, 3.63) is 29.3 Å². The topological polar surface area (TPSA) is 64.6 Å². The van der Waals surface area contributed by atoms with Crippen molar-refractivity contribution in [1.82, 2.24) is 0 Å². The molecule has 0 aliphatic carbocycles. The summed E-state index contributed by atoms with van der Waals surface area (Å²) in [6.07, 6.45) is -5.31. The lowest BCUT2D eigenvalue weighted by Gasteiger charge is -2.20. The van der Waals surface area contributed by atoms with Crippen LogP contribution in [0.1, 0.15) is 38.8 Å². The van der Waals surface area contributed by atoms with Crippen LogP contribution in [0, 0.1) is 0 Å². The third-order valence-corrected chi connectivity index (χ3v) is 3.24. The van der Waals surface area contributed by atoms with E-state index in [2.05, 4.69) is 9.50 Å². The molecule has 9 heteroatoms. The number of benzene rings is 1. The van der Waals surface area contributed by atoms with Gasteiger partial charge in [-0.3, -0.25) is 10.1 Å². The van der Waals surface area contributed by atoms with E-state index in [1.54, 1.807) is 20.8 Å². The molecule has 1 aromatic rings. The van der Waals surface area contributed by atoms with Crippen molar-refractivity contribution in [2.24, 2.45) is 0 Å². The van der Waals surface area contributed by atoms with Crippen LogP contribution < -0.4 is 5.32 Å². The molecule has 0 aromatic heterocycles. The normalized spacial score (nSPS) is 11.8. The Balaban J connectivity index is 2.99. The highest BCUT2D eigenvalue weighted by Crippen LogP contribution is 2.33. The van der Waals surface area contributed by atoms with Gasteiger partial charge in [0, 0.05) is 12.6 Å². The maximum Gasteiger partial charge on any atom is 0.416 e. The maximum absolute atomic E-state index is 12.8. The minimum atomic E-state index is -4.52. The summed E-state index contributed by atoms with van der Waals surface area (Å²) in [4.78, 5) is 22.6. The van der Waals surface area contributed by atoms with Gasteiger partial charge in [-0.25, -0.2) is 4.79 Å². The summed E-state index contributed by atoms with van der Waals surface area (Å²) in [5.74, 6) is -0.636. The van der Waals surface area contributed by atoms with Crippen molar-refractivity contribution in [2.75, 3.05) is 5.32 Å². The number of carbonyl (C=O) groups excluding carboxylic acids is 2. The lowest BCUT2D eigenvalue weighted by molar-refractivity contribution is -0.137. The zero-order valence-electron chi connectivity index (χ0n) is 13.6. The first-order chi connectivity index (χ1) is 10.9. The van der Waals surface area contributed by atoms with Crippen LogP contribution in [0.3, 0.4) is 0 Å².